The first-order valence-electron chi connectivity index (χ1n) is 9.75. The molecule has 0 bridgehead atoms. The maximum atomic E-state index is 6.27. The van der Waals surface area contributed by atoms with Crippen LogP contribution in [0.15, 0.2) is 64.9 Å². The number of aromatic nitrogens is 2. The summed E-state index contributed by atoms with van der Waals surface area (Å²) < 4.78 is 11.9. The van der Waals surface area contributed by atoms with Gasteiger partial charge in [0, 0.05) is 30.0 Å². The lowest BCUT2D eigenvalue weighted by molar-refractivity contribution is 0.328. The highest BCUT2D eigenvalue weighted by Gasteiger charge is 2.15. The molecule has 2 N–H and O–H groups in total. The van der Waals surface area contributed by atoms with E-state index in [4.69, 9.17) is 15.2 Å². The van der Waals surface area contributed by atoms with E-state index in [9.17, 15) is 0 Å². The number of nitrogens with two attached hydrogens (primary N) is 1. The Labute approximate surface area is 176 Å². The number of aryl methyl sites for hydroxylation is 1. The second-order valence-electron chi connectivity index (χ2n) is 6.32. The lowest BCUT2D eigenvalue weighted by atomic mass is 10.2. The van der Waals surface area contributed by atoms with Crippen LogP contribution >= 0.6 is 0 Å². The predicted molar refractivity (Wildman–Crippen MR) is 121 cm³/mol. The first kappa shape index (κ1) is 21.1. The van der Waals surface area contributed by atoms with Crippen LogP contribution in [0.5, 0.6) is 17.2 Å². The van der Waals surface area contributed by atoms with E-state index in [2.05, 4.69) is 26.7 Å². The first-order chi connectivity index (χ1) is 14.7. The largest absolute Gasteiger partial charge is 0.492 e. The average molecular weight is 403 g/mol. The van der Waals surface area contributed by atoms with Gasteiger partial charge < -0.3 is 15.2 Å². The molecule has 1 aromatic carbocycles. The Morgan fingerprint density at radius 1 is 1.20 bits per heavy atom. The molecular weight excluding hydrogens is 378 g/mol. The predicted octanol–water partition coefficient (Wildman–Crippen LogP) is 4.30. The Bertz CT molecular complexity index is 1090. The van der Waals surface area contributed by atoms with Gasteiger partial charge in [0.05, 0.1) is 5.52 Å². The van der Waals surface area contributed by atoms with Gasteiger partial charge in [-0.1, -0.05) is 13.0 Å². The Morgan fingerprint density at radius 2 is 2.07 bits per heavy atom. The Hall–Kier alpha value is -3.58. The van der Waals surface area contributed by atoms with Gasteiger partial charge in [-0.25, -0.2) is 15.0 Å². The number of nitrogens with zero attached hydrogens (tertiary/aromatic N) is 4. The standard InChI is InChI=1S/C23H25N5O2/c1-4-12-27-23(25-3)22-21(9-6-16(5-2)28-22)30-20-10-13-26-19-8-7-17(15-18(19)20)29-14-11-24/h4,6-10,12-13,15H,3,5,11,14,24H2,1-2H3/b12-4-,27-23?. The summed E-state index contributed by atoms with van der Waals surface area (Å²) in [6.45, 7) is 8.43. The van der Waals surface area contributed by atoms with Crippen LogP contribution in [0.1, 0.15) is 25.2 Å². The summed E-state index contributed by atoms with van der Waals surface area (Å²) in [7, 11) is 0. The van der Waals surface area contributed by atoms with Crippen LogP contribution in [0, 0.1) is 0 Å². The molecule has 2 aromatic heterocycles. The van der Waals surface area contributed by atoms with E-state index in [1.54, 1.807) is 18.5 Å². The van der Waals surface area contributed by atoms with Gasteiger partial charge >= 0.3 is 0 Å². The van der Waals surface area contributed by atoms with Crippen molar-refractivity contribution in [3.8, 4) is 17.2 Å². The van der Waals surface area contributed by atoms with Crippen molar-refractivity contribution in [2.75, 3.05) is 13.2 Å². The summed E-state index contributed by atoms with van der Waals surface area (Å²) in [5, 5.41) is 0.816. The number of hydrogen-bond acceptors (Lipinski definition) is 6. The highest BCUT2D eigenvalue weighted by Crippen LogP contribution is 2.33. The van der Waals surface area contributed by atoms with Crippen LogP contribution in [0.4, 0.5) is 0 Å². The lowest BCUT2D eigenvalue weighted by Crippen LogP contribution is -2.10. The first-order valence-corrected chi connectivity index (χ1v) is 9.75. The van der Waals surface area contributed by atoms with E-state index in [0.29, 0.717) is 41.9 Å². The molecule has 0 unspecified atom stereocenters. The minimum Gasteiger partial charge on any atom is -0.492 e. The van der Waals surface area contributed by atoms with Crippen LogP contribution in [0.2, 0.25) is 0 Å². The summed E-state index contributed by atoms with van der Waals surface area (Å²) in [4.78, 5) is 17.5. The lowest BCUT2D eigenvalue weighted by Gasteiger charge is -2.13. The number of aliphatic imine (C=N–C) groups is 2. The second-order valence-corrected chi connectivity index (χ2v) is 6.32. The fourth-order valence-electron chi connectivity index (χ4n) is 2.82. The molecule has 7 nitrogen and oxygen atoms in total. The second kappa shape index (κ2) is 10.3. The molecule has 0 spiro atoms. The number of fused-ring (bicyclic) bond motifs is 1. The van der Waals surface area contributed by atoms with Gasteiger partial charge in [0.1, 0.15) is 18.1 Å². The number of rotatable bonds is 8. The Kier molecular flexibility index (Phi) is 7.24. The SMILES string of the molecule is C=NC(=N/C=C\C)c1nc(CC)ccc1Oc1ccnc2ccc(OCCN)cc12. The van der Waals surface area contributed by atoms with Gasteiger partial charge in [0.2, 0.25) is 0 Å². The van der Waals surface area contributed by atoms with Crippen LogP contribution in [0.25, 0.3) is 10.9 Å². The van der Waals surface area contributed by atoms with Crippen molar-refractivity contribution >= 4 is 23.5 Å². The Balaban J connectivity index is 2.07. The number of pyridine rings is 2. The molecule has 0 saturated heterocycles. The number of allylic oxidation sites excluding steroid dienone is 1. The zero-order valence-corrected chi connectivity index (χ0v) is 17.2. The van der Waals surface area contributed by atoms with Gasteiger partial charge in [-0.15, -0.1) is 0 Å². The van der Waals surface area contributed by atoms with Gasteiger partial charge in [-0.05, 0) is 56.5 Å². The minimum atomic E-state index is 0.392. The molecule has 30 heavy (non-hydrogen) atoms. The molecule has 0 aliphatic rings. The zero-order chi connectivity index (χ0) is 21.3. The van der Waals surface area contributed by atoms with Gasteiger partial charge in [0.25, 0.3) is 0 Å². The maximum Gasteiger partial charge on any atom is 0.181 e. The molecule has 3 aromatic rings. The molecule has 0 amide bonds. The maximum absolute atomic E-state index is 6.27. The molecule has 7 heteroatoms. The van der Waals surface area contributed by atoms with E-state index < -0.39 is 0 Å². The summed E-state index contributed by atoms with van der Waals surface area (Å²) in [5.41, 5.74) is 7.77. The van der Waals surface area contributed by atoms with Gasteiger partial charge in [0.15, 0.2) is 17.3 Å². The van der Waals surface area contributed by atoms with Crippen LogP contribution < -0.4 is 15.2 Å². The highest BCUT2D eigenvalue weighted by atomic mass is 16.5. The normalized spacial score (nSPS) is 11.8. The molecule has 0 aliphatic carbocycles. The van der Waals surface area contributed by atoms with Crippen molar-refractivity contribution in [3.63, 3.8) is 0 Å². The molecule has 154 valence electrons. The summed E-state index contributed by atoms with van der Waals surface area (Å²) in [6, 6.07) is 11.2. The molecule has 2 heterocycles. The molecule has 0 saturated carbocycles. The third-order valence-corrected chi connectivity index (χ3v) is 4.27. The summed E-state index contributed by atoms with van der Waals surface area (Å²) in [6.07, 6.45) is 5.94. The van der Waals surface area contributed by atoms with Crippen LogP contribution in [-0.2, 0) is 6.42 Å². The van der Waals surface area contributed by atoms with Crippen molar-refractivity contribution in [2.45, 2.75) is 20.3 Å². The van der Waals surface area contributed by atoms with E-state index in [-0.39, 0.29) is 0 Å². The van der Waals surface area contributed by atoms with Gasteiger partial charge in [-0.2, -0.15) is 0 Å². The minimum absolute atomic E-state index is 0.392. The Morgan fingerprint density at radius 3 is 2.80 bits per heavy atom. The van der Waals surface area contributed by atoms with Crippen molar-refractivity contribution in [3.05, 3.63) is 66.3 Å². The summed E-state index contributed by atoms with van der Waals surface area (Å²) >= 11 is 0. The molecule has 0 atom stereocenters. The number of ether oxygens (including phenoxy) is 2. The van der Waals surface area contributed by atoms with Crippen molar-refractivity contribution in [1.29, 1.82) is 0 Å². The van der Waals surface area contributed by atoms with Crippen molar-refractivity contribution in [1.82, 2.24) is 9.97 Å². The molecule has 0 fully saturated rings. The quantitative estimate of drug-likeness (QED) is 0.447. The van der Waals surface area contributed by atoms with E-state index in [1.165, 1.54) is 0 Å². The van der Waals surface area contributed by atoms with Crippen molar-refractivity contribution in [2.24, 2.45) is 15.7 Å². The average Bonchev–Trinajstić information content (AvgIpc) is 2.79. The molecule has 0 aliphatic heterocycles. The van der Waals surface area contributed by atoms with Crippen LogP contribution in [-0.4, -0.2) is 35.7 Å². The third kappa shape index (κ3) is 4.87. The number of hydrogen-bond donors (Lipinski definition) is 1. The van der Waals surface area contributed by atoms with Crippen LogP contribution in [0.3, 0.4) is 0 Å². The molecule has 3 rings (SSSR count). The smallest absolute Gasteiger partial charge is 0.181 e. The van der Waals surface area contributed by atoms with E-state index in [0.717, 1.165) is 23.0 Å². The zero-order valence-electron chi connectivity index (χ0n) is 17.2. The van der Waals surface area contributed by atoms with E-state index in [1.807, 2.05) is 50.3 Å². The number of benzene rings is 1. The third-order valence-electron chi connectivity index (χ3n) is 4.27. The highest BCUT2D eigenvalue weighted by molar-refractivity contribution is 6.02. The van der Waals surface area contributed by atoms with Gasteiger partial charge in [-0.3, -0.25) is 4.98 Å². The number of amidine groups is 1. The van der Waals surface area contributed by atoms with Crippen molar-refractivity contribution < 1.29 is 9.47 Å². The molecule has 0 radical (unpaired) electrons. The molecular formula is C23H25N5O2. The van der Waals surface area contributed by atoms with E-state index >= 15 is 0 Å². The monoisotopic (exact) mass is 403 g/mol. The topological polar surface area (TPSA) is 95.0 Å². The fourth-order valence-corrected chi connectivity index (χ4v) is 2.82. The summed E-state index contributed by atoms with van der Waals surface area (Å²) in [5.74, 6) is 2.25. The fraction of sp³-hybridized carbons (Fsp3) is 0.217.